The molecule has 178 valence electrons. The van der Waals surface area contributed by atoms with Crippen LogP contribution in [0, 0.1) is 19.7 Å². The van der Waals surface area contributed by atoms with Crippen LogP contribution < -0.4 is 5.56 Å². The first kappa shape index (κ1) is 22.8. The van der Waals surface area contributed by atoms with Gasteiger partial charge in [-0.1, -0.05) is 28.6 Å². The molecule has 0 aliphatic carbocycles. The first-order valence-corrected chi connectivity index (χ1v) is 12.8. The van der Waals surface area contributed by atoms with Gasteiger partial charge < -0.3 is 4.52 Å². The third kappa shape index (κ3) is 4.04. The molecule has 4 heterocycles. The van der Waals surface area contributed by atoms with Crippen LogP contribution in [0.1, 0.15) is 17.1 Å². The summed E-state index contributed by atoms with van der Waals surface area (Å²) in [7, 11) is -3.69. The van der Waals surface area contributed by atoms with Crippen molar-refractivity contribution in [1.29, 1.82) is 0 Å². The number of sulfonamides is 1. The number of halogens is 1. The molecule has 13 heteroatoms. The number of piperazine rings is 1. The fourth-order valence-corrected chi connectivity index (χ4v) is 6.67. The van der Waals surface area contributed by atoms with Crippen LogP contribution in [0.15, 0.2) is 44.5 Å². The maximum Gasteiger partial charge on any atom is 0.275 e. The minimum atomic E-state index is -3.69. The van der Waals surface area contributed by atoms with Crippen LogP contribution in [0.2, 0.25) is 0 Å². The Labute approximate surface area is 198 Å². The number of aryl methyl sites for hydroxylation is 2. The fourth-order valence-electron chi connectivity index (χ4n) is 4.01. The van der Waals surface area contributed by atoms with E-state index >= 15 is 0 Å². The molecule has 34 heavy (non-hydrogen) atoms. The zero-order chi connectivity index (χ0) is 24.0. The van der Waals surface area contributed by atoms with Crippen molar-refractivity contribution >= 4 is 26.3 Å². The van der Waals surface area contributed by atoms with Gasteiger partial charge in [-0.15, -0.1) is 0 Å². The highest BCUT2D eigenvalue weighted by atomic mass is 32.2. The van der Waals surface area contributed by atoms with Gasteiger partial charge in [-0.05, 0) is 26.0 Å². The number of aromatic nitrogens is 4. The molecule has 1 aliphatic rings. The Morgan fingerprint density at radius 1 is 1.15 bits per heavy atom. The second kappa shape index (κ2) is 8.65. The summed E-state index contributed by atoms with van der Waals surface area (Å²) >= 11 is 1.14. The van der Waals surface area contributed by atoms with Crippen molar-refractivity contribution in [3.8, 4) is 10.6 Å². The van der Waals surface area contributed by atoms with Crippen molar-refractivity contribution in [3.05, 3.63) is 63.7 Å². The van der Waals surface area contributed by atoms with E-state index in [0.717, 1.165) is 11.3 Å². The maximum atomic E-state index is 14.1. The van der Waals surface area contributed by atoms with Crippen LogP contribution in [0.3, 0.4) is 0 Å². The van der Waals surface area contributed by atoms with Crippen molar-refractivity contribution in [2.24, 2.45) is 0 Å². The Morgan fingerprint density at radius 3 is 2.56 bits per heavy atom. The molecule has 0 bridgehead atoms. The Bertz CT molecular complexity index is 1520. The van der Waals surface area contributed by atoms with Gasteiger partial charge in [-0.25, -0.2) is 17.8 Å². The minimum Gasteiger partial charge on any atom is -0.360 e. The second-order valence-corrected chi connectivity index (χ2v) is 10.8. The molecule has 0 unspecified atom stereocenters. The lowest BCUT2D eigenvalue weighted by Crippen LogP contribution is -2.48. The molecule has 3 aromatic heterocycles. The number of benzene rings is 1. The zero-order valence-corrected chi connectivity index (χ0v) is 20.1. The lowest BCUT2D eigenvalue weighted by molar-refractivity contribution is 0.180. The molecule has 0 amide bonds. The quantitative estimate of drug-likeness (QED) is 0.406. The molecular weight excluding hydrogens is 483 g/mol. The first-order chi connectivity index (χ1) is 16.2. The summed E-state index contributed by atoms with van der Waals surface area (Å²) in [5.41, 5.74) is 0.862. The third-order valence-electron chi connectivity index (χ3n) is 5.68. The molecule has 0 saturated carbocycles. The first-order valence-electron chi connectivity index (χ1n) is 10.5. The number of hydrogen-bond acceptors (Lipinski definition) is 9. The van der Waals surface area contributed by atoms with Gasteiger partial charge in [0.2, 0.25) is 15.0 Å². The SMILES string of the molecule is Cc1noc(C)c1S(=O)(=O)N1CCN(Cc2cc(=O)n3nc(-c4ccccc4F)sc3n2)CC1. The van der Waals surface area contributed by atoms with E-state index in [4.69, 9.17) is 4.52 Å². The van der Waals surface area contributed by atoms with Crippen LogP contribution in [0.25, 0.3) is 15.5 Å². The molecular formula is C21H21FN6O4S2. The van der Waals surface area contributed by atoms with E-state index in [1.54, 1.807) is 32.0 Å². The van der Waals surface area contributed by atoms with E-state index in [0.29, 0.717) is 59.6 Å². The predicted molar refractivity (Wildman–Crippen MR) is 123 cm³/mol. The Kier molecular flexibility index (Phi) is 5.80. The standard InChI is InChI=1S/C21H21FN6O4S2/c1-13-19(14(2)32-25-13)34(30,31)27-9-7-26(8-10-27)12-15-11-18(29)28-21(23-15)33-20(24-28)16-5-3-4-6-17(16)22/h3-6,11H,7-10,12H2,1-2H3. The van der Waals surface area contributed by atoms with E-state index in [-0.39, 0.29) is 16.2 Å². The number of nitrogens with zero attached hydrogens (tertiary/aromatic N) is 6. The van der Waals surface area contributed by atoms with Crippen LogP contribution in [0.4, 0.5) is 4.39 Å². The van der Waals surface area contributed by atoms with E-state index in [9.17, 15) is 17.6 Å². The molecule has 5 rings (SSSR count). The molecule has 4 aromatic rings. The van der Waals surface area contributed by atoms with E-state index in [1.165, 1.54) is 21.0 Å². The average molecular weight is 505 g/mol. The van der Waals surface area contributed by atoms with Gasteiger partial charge in [0, 0.05) is 44.4 Å². The summed E-state index contributed by atoms with van der Waals surface area (Å²) in [4.78, 5) is 19.7. The average Bonchev–Trinajstić information content (AvgIpc) is 3.38. The highest BCUT2D eigenvalue weighted by Gasteiger charge is 2.33. The molecule has 1 fully saturated rings. The summed E-state index contributed by atoms with van der Waals surface area (Å²) in [6.07, 6.45) is 0. The molecule has 1 aliphatic heterocycles. The number of hydrogen-bond donors (Lipinski definition) is 0. The van der Waals surface area contributed by atoms with Gasteiger partial charge in [0.05, 0.1) is 5.69 Å². The van der Waals surface area contributed by atoms with Crippen LogP contribution >= 0.6 is 11.3 Å². The Hall–Kier alpha value is -3.00. The fraction of sp³-hybridized carbons (Fsp3) is 0.333. The van der Waals surface area contributed by atoms with Crippen molar-refractivity contribution < 1.29 is 17.3 Å². The molecule has 0 N–H and O–H groups in total. The largest absolute Gasteiger partial charge is 0.360 e. The molecule has 1 aromatic carbocycles. The molecule has 10 nitrogen and oxygen atoms in total. The monoisotopic (exact) mass is 504 g/mol. The number of rotatable bonds is 5. The summed E-state index contributed by atoms with van der Waals surface area (Å²) in [6, 6.07) is 7.65. The van der Waals surface area contributed by atoms with Crippen molar-refractivity contribution in [3.63, 3.8) is 0 Å². The van der Waals surface area contributed by atoms with Crippen LogP contribution in [-0.4, -0.2) is 63.6 Å². The third-order valence-corrected chi connectivity index (χ3v) is 8.77. The maximum absolute atomic E-state index is 14.1. The summed E-state index contributed by atoms with van der Waals surface area (Å²) < 4.78 is 47.8. The minimum absolute atomic E-state index is 0.122. The summed E-state index contributed by atoms with van der Waals surface area (Å²) in [5, 5.41) is 8.35. The topological polar surface area (TPSA) is 114 Å². The van der Waals surface area contributed by atoms with Crippen LogP contribution in [-0.2, 0) is 16.6 Å². The zero-order valence-electron chi connectivity index (χ0n) is 18.4. The van der Waals surface area contributed by atoms with Gasteiger partial charge in [0.25, 0.3) is 5.56 Å². The van der Waals surface area contributed by atoms with Crippen molar-refractivity contribution in [1.82, 2.24) is 29.0 Å². The Balaban J connectivity index is 1.32. The second-order valence-electron chi connectivity index (χ2n) is 8.00. The molecule has 0 atom stereocenters. The molecule has 0 radical (unpaired) electrons. The number of fused-ring (bicyclic) bond motifs is 1. The van der Waals surface area contributed by atoms with E-state index in [1.807, 2.05) is 4.90 Å². The highest BCUT2D eigenvalue weighted by molar-refractivity contribution is 7.89. The Morgan fingerprint density at radius 2 is 1.88 bits per heavy atom. The van der Waals surface area contributed by atoms with Crippen molar-refractivity contribution in [2.75, 3.05) is 26.2 Å². The molecule has 0 spiro atoms. The van der Waals surface area contributed by atoms with Gasteiger partial charge in [-0.3, -0.25) is 9.69 Å². The van der Waals surface area contributed by atoms with Gasteiger partial charge in [-0.2, -0.15) is 13.9 Å². The molecule has 1 saturated heterocycles. The normalized spacial score (nSPS) is 15.9. The van der Waals surface area contributed by atoms with Crippen LogP contribution in [0.5, 0.6) is 0 Å². The van der Waals surface area contributed by atoms with E-state index < -0.39 is 15.8 Å². The summed E-state index contributed by atoms with van der Waals surface area (Å²) in [6.45, 7) is 5.13. The lowest BCUT2D eigenvalue weighted by atomic mass is 10.2. The lowest BCUT2D eigenvalue weighted by Gasteiger charge is -2.33. The van der Waals surface area contributed by atoms with E-state index in [2.05, 4.69) is 15.2 Å². The summed E-state index contributed by atoms with van der Waals surface area (Å²) in [5.74, 6) is -0.142. The smallest absolute Gasteiger partial charge is 0.275 e. The van der Waals surface area contributed by atoms with Crippen molar-refractivity contribution in [2.45, 2.75) is 25.3 Å². The van der Waals surface area contributed by atoms with Gasteiger partial charge in [0.1, 0.15) is 16.4 Å². The van der Waals surface area contributed by atoms with Gasteiger partial charge >= 0.3 is 0 Å². The highest BCUT2D eigenvalue weighted by Crippen LogP contribution is 2.27. The predicted octanol–water partition coefficient (Wildman–Crippen LogP) is 2.07. The van der Waals surface area contributed by atoms with Gasteiger partial charge in [0.15, 0.2) is 10.8 Å².